The number of hydrogen-bond acceptors (Lipinski definition) is 4. The van der Waals surface area contributed by atoms with Gasteiger partial charge in [-0.3, -0.25) is 9.78 Å². The first-order chi connectivity index (χ1) is 10.0. The lowest BCUT2D eigenvalue weighted by molar-refractivity contribution is 0.112. The lowest BCUT2D eigenvalue weighted by Gasteiger charge is -2.13. The monoisotopic (exact) mass is 294 g/mol. The number of aliphatic hydroxyl groups excluding tert-OH is 1. The second kappa shape index (κ2) is 7.44. The van der Waals surface area contributed by atoms with Crippen LogP contribution in [0, 0.1) is 25.5 Å². The van der Waals surface area contributed by atoms with Crippen LogP contribution in [-0.4, -0.2) is 23.5 Å². The number of aliphatic hydroxyl groups is 1. The zero-order chi connectivity index (χ0) is 16.0. The number of nitrogens with zero attached hydrogens (tertiary/aromatic N) is 1. The van der Waals surface area contributed by atoms with Gasteiger partial charge in [-0.2, -0.15) is 0 Å². The van der Waals surface area contributed by atoms with E-state index < -0.39 is 11.6 Å². The number of aromatic nitrogens is 1. The largest absolute Gasteiger partial charge is 0.400 e. The van der Waals surface area contributed by atoms with Crippen molar-refractivity contribution in [2.75, 3.05) is 12.4 Å². The highest BCUT2D eigenvalue weighted by molar-refractivity contribution is 5.86. The van der Waals surface area contributed by atoms with Crippen molar-refractivity contribution < 1.29 is 18.7 Å². The van der Waals surface area contributed by atoms with Crippen molar-refractivity contribution in [3.63, 3.8) is 0 Å². The highest BCUT2D eigenvalue weighted by Crippen LogP contribution is 2.27. The van der Waals surface area contributed by atoms with Crippen LogP contribution in [0.3, 0.4) is 0 Å². The van der Waals surface area contributed by atoms with Crippen LogP contribution in [0.1, 0.15) is 21.5 Å². The van der Waals surface area contributed by atoms with Crippen LogP contribution >= 0.6 is 0 Å². The summed E-state index contributed by atoms with van der Waals surface area (Å²) in [5.41, 5.74) is 2.18. The number of hydrogen-bond donors (Lipinski definition) is 2. The van der Waals surface area contributed by atoms with Crippen LogP contribution in [0.15, 0.2) is 24.5 Å². The zero-order valence-corrected chi connectivity index (χ0v) is 11.9. The fourth-order valence-electron chi connectivity index (χ4n) is 1.68. The molecule has 2 aromatic rings. The fraction of sp³-hybridized carbons (Fsp3) is 0.200. The van der Waals surface area contributed by atoms with E-state index in [9.17, 15) is 13.6 Å². The summed E-state index contributed by atoms with van der Waals surface area (Å²) in [6.07, 6.45) is 3.65. The molecule has 0 unspecified atom stereocenters. The Morgan fingerprint density at radius 3 is 2.48 bits per heavy atom. The highest BCUT2D eigenvalue weighted by Gasteiger charge is 2.14. The van der Waals surface area contributed by atoms with Gasteiger partial charge in [0.05, 0.1) is 17.6 Å². The fourth-order valence-corrected chi connectivity index (χ4v) is 1.68. The summed E-state index contributed by atoms with van der Waals surface area (Å²) in [7, 11) is 1.00. The smallest absolute Gasteiger partial charge is 0.182 e. The van der Waals surface area contributed by atoms with Gasteiger partial charge in [-0.15, -0.1) is 0 Å². The Bertz CT molecular complexity index is 646. The molecular weight excluding hydrogens is 278 g/mol. The highest BCUT2D eigenvalue weighted by atomic mass is 19.2. The first-order valence-electron chi connectivity index (χ1n) is 6.10. The number of pyridine rings is 1. The Kier molecular flexibility index (Phi) is 5.92. The van der Waals surface area contributed by atoms with Crippen LogP contribution in [-0.2, 0) is 0 Å². The molecule has 112 valence electrons. The van der Waals surface area contributed by atoms with E-state index in [1.165, 1.54) is 12.3 Å². The van der Waals surface area contributed by atoms with Gasteiger partial charge >= 0.3 is 0 Å². The molecule has 0 saturated heterocycles. The lowest BCUT2D eigenvalue weighted by atomic mass is 10.1. The van der Waals surface area contributed by atoms with Gasteiger partial charge in [0.1, 0.15) is 0 Å². The minimum atomic E-state index is -1.08. The number of carbonyl (C=O) groups is 1. The van der Waals surface area contributed by atoms with Crippen molar-refractivity contribution >= 4 is 17.7 Å². The summed E-state index contributed by atoms with van der Waals surface area (Å²) in [5, 5.41) is 9.73. The van der Waals surface area contributed by atoms with E-state index in [0.29, 0.717) is 12.0 Å². The number of aldehydes is 1. The summed E-state index contributed by atoms with van der Waals surface area (Å²) in [6, 6.07) is 2.15. The standard InChI is InChI=1S/C14H12F2N2O.CH4O/c1-8-5-17-6-12(9(8)2)18-14-10(7-19)3-4-11(15)13(14)16;1-2/h3-7,18H,1-2H3;2H,1H3. The SMILES string of the molecule is CO.Cc1cncc(Nc2c(C=O)ccc(F)c2F)c1C. The summed E-state index contributed by atoms with van der Waals surface area (Å²) >= 11 is 0. The third kappa shape index (κ3) is 3.61. The predicted octanol–water partition coefficient (Wildman–Crippen LogP) is 3.14. The third-order valence-electron chi connectivity index (χ3n) is 2.98. The van der Waals surface area contributed by atoms with E-state index in [4.69, 9.17) is 5.11 Å². The molecule has 0 amide bonds. The van der Waals surface area contributed by atoms with E-state index in [2.05, 4.69) is 10.3 Å². The second-order valence-electron chi connectivity index (χ2n) is 4.20. The van der Waals surface area contributed by atoms with E-state index in [0.717, 1.165) is 24.3 Å². The van der Waals surface area contributed by atoms with Crippen molar-refractivity contribution in [3.8, 4) is 0 Å². The van der Waals surface area contributed by atoms with E-state index in [-0.39, 0.29) is 11.3 Å². The Morgan fingerprint density at radius 2 is 1.86 bits per heavy atom. The average Bonchev–Trinajstić information content (AvgIpc) is 2.50. The van der Waals surface area contributed by atoms with Crippen molar-refractivity contribution in [1.82, 2.24) is 4.98 Å². The molecule has 0 radical (unpaired) electrons. The molecule has 0 spiro atoms. The summed E-state index contributed by atoms with van der Waals surface area (Å²) in [6.45, 7) is 3.69. The number of halogens is 2. The Balaban J connectivity index is 0.00000106. The maximum Gasteiger partial charge on any atom is 0.182 e. The number of benzene rings is 1. The van der Waals surface area contributed by atoms with E-state index in [1.54, 1.807) is 6.20 Å². The van der Waals surface area contributed by atoms with Gasteiger partial charge in [0.2, 0.25) is 0 Å². The number of anilines is 2. The van der Waals surface area contributed by atoms with Crippen molar-refractivity contribution in [3.05, 3.63) is 52.9 Å². The Labute approximate surface area is 121 Å². The zero-order valence-electron chi connectivity index (χ0n) is 11.9. The Morgan fingerprint density at radius 1 is 1.19 bits per heavy atom. The van der Waals surface area contributed by atoms with Gasteiger partial charge in [-0.05, 0) is 37.1 Å². The quantitative estimate of drug-likeness (QED) is 0.854. The molecule has 0 saturated carbocycles. The van der Waals surface area contributed by atoms with Crippen LogP contribution in [0.2, 0.25) is 0 Å². The molecular formula is C15H16F2N2O2. The minimum absolute atomic E-state index is 0.0554. The Hall–Kier alpha value is -2.34. The van der Waals surface area contributed by atoms with Crippen LogP contribution < -0.4 is 5.32 Å². The van der Waals surface area contributed by atoms with E-state index >= 15 is 0 Å². The second-order valence-corrected chi connectivity index (χ2v) is 4.20. The lowest BCUT2D eigenvalue weighted by Crippen LogP contribution is -2.03. The molecule has 1 aromatic heterocycles. The number of rotatable bonds is 3. The summed E-state index contributed by atoms with van der Waals surface area (Å²) in [5.74, 6) is -2.09. The molecule has 0 aliphatic heterocycles. The molecule has 2 rings (SSSR count). The summed E-state index contributed by atoms with van der Waals surface area (Å²) < 4.78 is 27.0. The normalized spacial score (nSPS) is 9.62. The van der Waals surface area contributed by atoms with Gasteiger partial charge in [-0.1, -0.05) is 0 Å². The summed E-state index contributed by atoms with van der Waals surface area (Å²) in [4.78, 5) is 14.9. The molecule has 0 bridgehead atoms. The van der Waals surface area contributed by atoms with Crippen LogP contribution in [0.4, 0.5) is 20.2 Å². The molecule has 1 aromatic carbocycles. The van der Waals surface area contributed by atoms with Gasteiger partial charge in [0.15, 0.2) is 17.9 Å². The van der Waals surface area contributed by atoms with Gasteiger partial charge in [-0.25, -0.2) is 8.78 Å². The maximum absolute atomic E-state index is 13.8. The van der Waals surface area contributed by atoms with Crippen molar-refractivity contribution in [1.29, 1.82) is 0 Å². The number of carbonyl (C=O) groups excluding carboxylic acids is 1. The van der Waals surface area contributed by atoms with E-state index in [1.807, 2.05) is 13.8 Å². The van der Waals surface area contributed by atoms with Crippen molar-refractivity contribution in [2.45, 2.75) is 13.8 Å². The molecule has 0 fully saturated rings. The maximum atomic E-state index is 13.8. The topological polar surface area (TPSA) is 62.2 Å². The molecule has 0 aliphatic carbocycles. The average molecular weight is 294 g/mol. The molecule has 6 heteroatoms. The molecule has 0 atom stereocenters. The van der Waals surface area contributed by atoms with Crippen molar-refractivity contribution in [2.24, 2.45) is 0 Å². The molecule has 0 aliphatic rings. The third-order valence-corrected chi connectivity index (χ3v) is 2.98. The first kappa shape index (κ1) is 16.7. The molecule has 21 heavy (non-hydrogen) atoms. The van der Waals surface area contributed by atoms with Crippen LogP contribution in [0.25, 0.3) is 0 Å². The van der Waals surface area contributed by atoms with Crippen LogP contribution in [0.5, 0.6) is 0 Å². The van der Waals surface area contributed by atoms with Gasteiger partial charge in [0.25, 0.3) is 0 Å². The minimum Gasteiger partial charge on any atom is -0.400 e. The number of nitrogens with one attached hydrogen (secondary N) is 1. The van der Waals surface area contributed by atoms with Gasteiger partial charge < -0.3 is 10.4 Å². The number of aryl methyl sites for hydroxylation is 1. The molecule has 1 heterocycles. The molecule has 4 nitrogen and oxygen atoms in total. The molecule has 2 N–H and O–H groups in total. The first-order valence-corrected chi connectivity index (χ1v) is 6.10. The van der Waals surface area contributed by atoms with Gasteiger partial charge in [0, 0.05) is 18.9 Å². The predicted molar refractivity (Wildman–Crippen MR) is 76.9 cm³/mol.